The molecule has 1 amide bonds. The van der Waals surface area contributed by atoms with Gasteiger partial charge in [0.15, 0.2) is 0 Å². The molecule has 0 aliphatic heterocycles. The Bertz CT molecular complexity index is 503. The second kappa shape index (κ2) is 5.53. The molecular weight excluding hydrogens is 300 g/mol. The van der Waals surface area contributed by atoms with E-state index in [9.17, 15) is 18.4 Å². The van der Waals surface area contributed by atoms with Crippen LogP contribution in [0.3, 0.4) is 0 Å². The lowest BCUT2D eigenvalue weighted by Crippen LogP contribution is -2.10. The van der Waals surface area contributed by atoms with Gasteiger partial charge in [-0.05, 0) is 22.0 Å². The summed E-state index contributed by atoms with van der Waals surface area (Å²) in [5, 5.41) is 10.3. The first-order chi connectivity index (χ1) is 7.90. The van der Waals surface area contributed by atoms with Crippen molar-refractivity contribution in [2.45, 2.75) is 0 Å². The van der Waals surface area contributed by atoms with Gasteiger partial charge in [-0.1, -0.05) is 0 Å². The van der Waals surface area contributed by atoms with E-state index in [0.717, 1.165) is 12.1 Å². The fourth-order valence-corrected chi connectivity index (χ4v) is 1.28. The van der Waals surface area contributed by atoms with Crippen LogP contribution in [0.25, 0.3) is 0 Å². The molecule has 1 aromatic carbocycles. The van der Waals surface area contributed by atoms with Crippen molar-refractivity contribution in [1.82, 2.24) is 0 Å². The van der Waals surface area contributed by atoms with Crippen LogP contribution in [0.15, 0.2) is 28.8 Å². The van der Waals surface area contributed by atoms with Crippen LogP contribution in [-0.2, 0) is 9.59 Å². The Morgan fingerprint density at radius 1 is 1.24 bits per heavy atom. The third kappa shape index (κ3) is 3.95. The largest absolute Gasteiger partial charge is 0.478 e. The lowest BCUT2D eigenvalue weighted by atomic mass is 10.3. The van der Waals surface area contributed by atoms with Crippen molar-refractivity contribution in [2.75, 3.05) is 5.32 Å². The zero-order chi connectivity index (χ0) is 13.0. The number of carbonyl (C=O) groups excluding carboxylic acids is 1. The number of aliphatic carboxylic acids is 1. The maximum Gasteiger partial charge on any atom is 0.328 e. The summed E-state index contributed by atoms with van der Waals surface area (Å²) in [6.07, 6.45) is 1.32. The molecule has 0 fully saturated rings. The molecule has 0 spiro atoms. The number of benzene rings is 1. The van der Waals surface area contributed by atoms with Crippen LogP contribution in [-0.4, -0.2) is 17.0 Å². The van der Waals surface area contributed by atoms with E-state index >= 15 is 0 Å². The van der Waals surface area contributed by atoms with Crippen LogP contribution in [0.2, 0.25) is 0 Å². The number of rotatable bonds is 3. The van der Waals surface area contributed by atoms with Gasteiger partial charge in [0, 0.05) is 18.2 Å². The van der Waals surface area contributed by atoms with E-state index in [0.29, 0.717) is 12.1 Å². The number of halogens is 3. The molecule has 7 heteroatoms. The fourth-order valence-electron chi connectivity index (χ4n) is 0.940. The summed E-state index contributed by atoms with van der Waals surface area (Å²) in [6, 6.07) is 1.64. The average Bonchev–Trinajstić information content (AvgIpc) is 2.23. The number of hydrogen-bond acceptors (Lipinski definition) is 2. The van der Waals surface area contributed by atoms with E-state index in [2.05, 4.69) is 21.2 Å². The van der Waals surface area contributed by atoms with Crippen molar-refractivity contribution in [1.29, 1.82) is 0 Å². The second-order valence-corrected chi connectivity index (χ2v) is 3.76. The number of carboxylic acid groups (broad SMARTS) is 1. The van der Waals surface area contributed by atoms with Crippen LogP contribution in [0.1, 0.15) is 0 Å². The van der Waals surface area contributed by atoms with Gasteiger partial charge < -0.3 is 10.4 Å². The van der Waals surface area contributed by atoms with E-state index in [1.165, 1.54) is 0 Å². The SMILES string of the molecule is O=C(O)/C=C/C(=O)Nc1cc(Br)c(F)cc1F. The molecule has 2 N–H and O–H groups in total. The van der Waals surface area contributed by atoms with Gasteiger partial charge in [-0.3, -0.25) is 4.79 Å². The summed E-state index contributed by atoms with van der Waals surface area (Å²) in [7, 11) is 0. The predicted molar refractivity (Wildman–Crippen MR) is 59.5 cm³/mol. The highest BCUT2D eigenvalue weighted by molar-refractivity contribution is 9.10. The van der Waals surface area contributed by atoms with E-state index in [4.69, 9.17) is 5.11 Å². The van der Waals surface area contributed by atoms with Crippen molar-refractivity contribution in [3.63, 3.8) is 0 Å². The minimum atomic E-state index is -1.30. The first-order valence-electron chi connectivity index (χ1n) is 4.26. The minimum absolute atomic E-state index is 0.0172. The molecule has 0 unspecified atom stereocenters. The summed E-state index contributed by atoms with van der Waals surface area (Å²) < 4.78 is 26.0. The molecule has 0 aliphatic carbocycles. The van der Waals surface area contributed by atoms with Gasteiger partial charge in [0.2, 0.25) is 5.91 Å². The molecule has 1 aromatic rings. The van der Waals surface area contributed by atoms with Crippen LogP contribution < -0.4 is 5.32 Å². The monoisotopic (exact) mass is 305 g/mol. The van der Waals surface area contributed by atoms with Gasteiger partial charge in [-0.25, -0.2) is 13.6 Å². The first-order valence-corrected chi connectivity index (χ1v) is 5.06. The summed E-state index contributed by atoms with van der Waals surface area (Å²) in [5.74, 6) is -3.89. The van der Waals surface area contributed by atoms with Crippen molar-refractivity contribution in [3.05, 3.63) is 40.4 Å². The average molecular weight is 306 g/mol. The molecule has 0 bridgehead atoms. The van der Waals surface area contributed by atoms with Crippen LogP contribution in [0, 0.1) is 11.6 Å². The van der Waals surface area contributed by atoms with Crippen molar-refractivity contribution in [3.8, 4) is 0 Å². The number of amides is 1. The van der Waals surface area contributed by atoms with Gasteiger partial charge in [0.25, 0.3) is 0 Å². The Labute approximate surface area is 103 Å². The Morgan fingerprint density at radius 3 is 2.47 bits per heavy atom. The van der Waals surface area contributed by atoms with E-state index in [1.54, 1.807) is 0 Å². The lowest BCUT2D eigenvalue weighted by molar-refractivity contribution is -0.131. The first kappa shape index (κ1) is 13.3. The molecule has 0 radical (unpaired) electrons. The molecule has 0 atom stereocenters. The molecule has 90 valence electrons. The zero-order valence-electron chi connectivity index (χ0n) is 8.21. The standard InChI is InChI=1S/C10H6BrF2NO3/c11-5-3-8(7(13)4-6(5)12)14-9(15)1-2-10(16)17/h1-4H,(H,14,15)(H,16,17)/b2-1+. The molecule has 0 saturated carbocycles. The van der Waals surface area contributed by atoms with Crippen LogP contribution in [0.4, 0.5) is 14.5 Å². The van der Waals surface area contributed by atoms with Gasteiger partial charge in [-0.15, -0.1) is 0 Å². The fraction of sp³-hybridized carbons (Fsp3) is 0. The second-order valence-electron chi connectivity index (χ2n) is 2.91. The lowest BCUT2D eigenvalue weighted by Gasteiger charge is -2.05. The molecule has 1 rings (SSSR count). The maximum absolute atomic E-state index is 13.2. The number of nitrogens with one attached hydrogen (secondary N) is 1. The number of carbonyl (C=O) groups is 2. The molecular formula is C10H6BrF2NO3. The van der Waals surface area contributed by atoms with Crippen LogP contribution >= 0.6 is 15.9 Å². The highest BCUT2D eigenvalue weighted by atomic mass is 79.9. The van der Waals surface area contributed by atoms with Gasteiger partial charge in [0.1, 0.15) is 11.6 Å². The minimum Gasteiger partial charge on any atom is -0.478 e. The third-order valence-corrected chi connectivity index (χ3v) is 2.25. The maximum atomic E-state index is 13.2. The Hall–Kier alpha value is -1.76. The third-order valence-electron chi connectivity index (χ3n) is 1.65. The van der Waals surface area contributed by atoms with E-state index < -0.39 is 23.5 Å². The summed E-state index contributed by atoms with van der Waals surface area (Å²) >= 11 is 2.83. The molecule has 4 nitrogen and oxygen atoms in total. The van der Waals surface area contributed by atoms with Crippen molar-refractivity contribution in [2.24, 2.45) is 0 Å². The van der Waals surface area contributed by atoms with Gasteiger partial charge in [0.05, 0.1) is 10.2 Å². The van der Waals surface area contributed by atoms with Gasteiger partial charge in [-0.2, -0.15) is 0 Å². The quantitative estimate of drug-likeness (QED) is 0.665. The number of anilines is 1. The predicted octanol–water partition coefficient (Wildman–Crippen LogP) is 2.31. The Balaban J connectivity index is 2.85. The Morgan fingerprint density at radius 2 is 1.88 bits per heavy atom. The normalized spacial score (nSPS) is 10.5. The topological polar surface area (TPSA) is 66.4 Å². The van der Waals surface area contributed by atoms with Crippen LogP contribution in [0.5, 0.6) is 0 Å². The molecule has 0 saturated heterocycles. The number of carboxylic acids is 1. The van der Waals surface area contributed by atoms with Gasteiger partial charge >= 0.3 is 5.97 Å². The molecule has 0 aliphatic rings. The van der Waals surface area contributed by atoms with E-state index in [1.807, 2.05) is 0 Å². The highest BCUT2D eigenvalue weighted by Gasteiger charge is 2.09. The van der Waals surface area contributed by atoms with Crippen molar-refractivity contribution < 1.29 is 23.5 Å². The Kier molecular flexibility index (Phi) is 4.33. The summed E-state index contributed by atoms with van der Waals surface area (Å²) in [5.41, 5.74) is -0.252. The summed E-state index contributed by atoms with van der Waals surface area (Å²) in [4.78, 5) is 21.3. The summed E-state index contributed by atoms with van der Waals surface area (Å²) in [6.45, 7) is 0. The molecule has 0 heterocycles. The van der Waals surface area contributed by atoms with Crippen molar-refractivity contribution >= 4 is 33.5 Å². The van der Waals surface area contributed by atoms with E-state index in [-0.39, 0.29) is 10.2 Å². The highest BCUT2D eigenvalue weighted by Crippen LogP contribution is 2.23. The molecule has 0 aromatic heterocycles. The number of hydrogen-bond donors (Lipinski definition) is 2. The zero-order valence-corrected chi connectivity index (χ0v) is 9.79. The smallest absolute Gasteiger partial charge is 0.328 e. The molecule has 17 heavy (non-hydrogen) atoms.